The smallest absolute Gasteiger partial charge is 0.257 e. The molecule has 1 fully saturated rings. The van der Waals surface area contributed by atoms with E-state index in [2.05, 4.69) is 9.30 Å². The SMILES string of the molecule is O=C(C1=CC=CN2CCS(=O)(=O)N=C12)N1CCN(Cc2ccc3c(c2)OCO3)CC1. The summed E-state index contributed by atoms with van der Waals surface area (Å²) in [6, 6.07) is 5.95. The Balaban J connectivity index is 1.23. The third kappa shape index (κ3) is 3.68. The number of rotatable bonds is 3. The van der Waals surface area contributed by atoms with Gasteiger partial charge in [0.05, 0.1) is 11.3 Å². The van der Waals surface area contributed by atoms with Gasteiger partial charge < -0.3 is 19.3 Å². The number of sulfonamides is 1. The molecule has 1 amide bonds. The van der Waals surface area contributed by atoms with Gasteiger partial charge in [0.2, 0.25) is 6.79 Å². The lowest BCUT2D eigenvalue weighted by Gasteiger charge is -2.36. The van der Waals surface area contributed by atoms with Gasteiger partial charge in [-0.2, -0.15) is 0 Å². The molecule has 0 radical (unpaired) electrons. The van der Waals surface area contributed by atoms with E-state index in [1.165, 1.54) is 0 Å². The highest BCUT2D eigenvalue weighted by molar-refractivity contribution is 7.90. The molecule has 0 spiro atoms. The van der Waals surface area contributed by atoms with Crippen LogP contribution in [-0.2, 0) is 21.4 Å². The number of amides is 1. The summed E-state index contributed by atoms with van der Waals surface area (Å²) in [5, 5.41) is 0. The molecule has 4 aliphatic heterocycles. The lowest BCUT2D eigenvalue weighted by Crippen LogP contribution is -2.50. The highest BCUT2D eigenvalue weighted by atomic mass is 32.2. The van der Waals surface area contributed by atoms with E-state index in [0.29, 0.717) is 25.2 Å². The molecule has 30 heavy (non-hydrogen) atoms. The van der Waals surface area contributed by atoms with Crippen LogP contribution < -0.4 is 9.47 Å². The number of amidine groups is 1. The molecule has 1 aromatic rings. The van der Waals surface area contributed by atoms with Crippen molar-refractivity contribution in [3.05, 3.63) is 47.7 Å². The fraction of sp³-hybridized carbons (Fsp3) is 0.400. The Morgan fingerprint density at radius 2 is 1.87 bits per heavy atom. The number of carbonyl (C=O) groups is 1. The minimum absolute atomic E-state index is 0.0408. The first kappa shape index (κ1) is 19.1. The number of fused-ring (bicyclic) bond motifs is 2. The van der Waals surface area contributed by atoms with Gasteiger partial charge in [-0.3, -0.25) is 9.69 Å². The van der Waals surface area contributed by atoms with Gasteiger partial charge in [-0.15, -0.1) is 4.40 Å². The number of allylic oxidation sites excluding steroid dienone is 2. The van der Waals surface area contributed by atoms with Gasteiger partial charge in [0, 0.05) is 45.5 Å². The standard InChI is InChI=1S/C20H22N4O5S/c25-20(16-2-1-5-23-10-11-30(26,27)21-19(16)23)24-8-6-22(7-9-24)13-15-3-4-17-18(12-15)29-14-28-17/h1-5,12H,6-11,13-14H2. The molecule has 1 saturated heterocycles. The van der Waals surface area contributed by atoms with Crippen molar-refractivity contribution in [3.8, 4) is 11.5 Å². The van der Waals surface area contributed by atoms with E-state index in [-0.39, 0.29) is 24.3 Å². The van der Waals surface area contributed by atoms with Crippen LogP contribution in [0.1, 0.15) is 5.56 Å². The number of nitrogens with zero attached hydrogens (tertiary/aromatic N) is 4. The molecule has 0 unspecified atom stereocenters. The average molecular weight is 430 g/mol. The van der Waals surface area contributed by atoms with Crippen LogP contribution in [0.2, 0.25) is 0 Å². The summed E-state index contributed by atoms with van der Waals surface area (Å²) in [7, 11) is -3.52. The summed E-state index contributed by atoms with van der Waals surface area (Å²) in [6.45, 7) is 3.95. The number of piperazine rings is 1. The number of carbonyl (C=O) groups excluding carboxylic acids is 1. The van der Waals surface area contributed by atoms with E-state index < -0.39 is 10.0 Å². The monoisotopic (exact) mass is 430 g/mol. The topological polar surface area (TPSA) is 91.8 Å². The van der Waals surface area contributed by atoms with Crippen molar-refractivity contribution in [1.82, 2.24) is 14.7 Å². The average Bonchev–Trinajstić information content (AvgIpc) is 3.21. The number of hydrogen-bond acceptors (Lipinski definition) is 7. The molecule has 0 aromatic heterocycles. The third-order valence-corrected chi connectivity index (χ3v) is 6.74. The van der Waals surface area contributed by atoms with E-state index in [4.69, 9.17) is 9.47 Å². The zero-order chi connectivity index (χ0) is 20.7. The van der Waals surface area contributed by atoms with Gasteiger partial charge in [-0.25, -0.2) is 8.42 Å². The van der Waals surface area contributed by atoms with Crippen LogP contribution >= 0.6 is 0 Å². The van der Waals surface area contributed by atoms with Gasteiger partial charge in [-0.05, 0) is 29.8 Å². The lowest BCUT2D eigenvalue weighted by atomic mass is 10.1. The highest BCUT2D eigenvalue weighted by Crippen LogP contribution is 2.33. The Hall–Kier alpha value is -2.85. The number of ether oxygens (including phenoxy) is 2. The van der Waals surface area contributed by atoms with Gasteiger partial charge in [-0.1, -0.05) is 6.07 Å². The molecular formula is C20H22N4O5S. The molecule has 158 valence electrons. The maximum atomic E-state index is 13.1. The second-order valence-corrected chi connectivity index (χ2v) is 9.33. The zero-order valence-corrected chi connectivity index (χ0v) is 17.2. The van der Waals surface area contributed by atoms with Crippen molar-refractivity contribution in [2.75, 3.05) is 45.3 Å². The predicted molar refractivity (Wildman–Crippen MR) is 110 cm³/mol. The summed E-state index contributed by atoms with van der Waals surface area (Å²) >= 11 is 0. The van der Waals surface area contributed by atoms with Crippen LogP contribution in [0.3, 0.4) is 0 Å². The molecule has 5 rings (SSSR count). The molecule has 0 saturated carbocycles. The normalized spacial score (nSPS) is 22.4. The van der Waals surface area contributed by atoms with Crippen LogP contribution in [0.5, 0.6) is 11.5 Å². The second-order valence-electron chi connectivity index (χ2n) is 7.57. The first-order valence-corrected chi connectivity index (χ1v) is 11.5. The summed E-state index contributed by atoms with van der Waals surface area (Å²) < 4.78 is 38.5. The largest absolute Gasteiger partial charge is 0.454 e. The molecule has 9 nitrogen and oxygen atoms in total. The van der Waals surface area contributed by atoms with Gasteiger partial charge in [0.25, 0.3) is 15.9 Å². The summed E-state index contributed by atoms with van der Waals surface area (Å²) in [6.07, 6.45) is 5.17. The molecule has 10 heteroatoms. The zero-order valence-electron chi connectivity index (χ0n) is 16.4. The van der Waals surface area contributed by atoms with Gasteiger partial charge in [0.1, 0.15) is 0 Å². The predicted octanol–water partition coefficient (Wildman–Crippen LogP) is 0.557. The first-order valence-electron chi connectivity index (χ1n) is 9.87. The van der Waals surface area contributed by atoms with E-state index in [1.54, 1.807) is 28.2 Å². The molecule has 0 aliphatic carbocycles. The van der Waals surface area contributed by atoms with Crippen molar-refractivity contribution in [3.63, 3.8) is 0 Å². The van der Waals surface area contributed by atoms with Crippen LogP contribution in [0, 0.1) is 0 Å². The van der Waals surface area contributed by atoms with Crippen LogP contribution in [-0.4, -0.2) is 80.1 Å². The van der Waals surface area contributed by atoms with Gasteiger partial charge >= 0.3 is 0 Å². The van der Waals surface area contributed by atoms with Crippen molar-refractivity contribution >= 4 is 21.8 Å². The minimum atomic E-state index is -3.52. The summed E-state index contributed by atoms with van der Waals surface area (Å²) in [4.78, 5) is 18.9. The molecular weight excluding hydrogens is 408 g/mol. The Morgan fingerprint density at radius 3 is 2.70 bits per heavy atom. The number of benzene rings is 1. The van der Waals surface area contributed by atoms with Crippen LogP contribution in [0.25, 0.3) is 0 Å². The first-order chi connectivity index (χ1) is 14.5. The van der Waals surface area contributed by atoms with E-state index >= 15 is 0 Å². The molecule has 4 heterocycles. The molecule has 0 bridgehead atoms. The van der Waals surface area contributed by atoms with Crippen molar-refractivity contribution < 1.29 is 22.7 Å². The van der Waals surface area contributed by atoms with Crippen molar-refractivity contribution in [2.24, 2.45) is 4.40 Å². The summed E-state index contributed by atoms with van der Waals surface area (Å²) in [5.41, 5.74) is 1.47. The quantitative estimate of drug-likeness (QED) is 0.692. The maximum Gasteiger partial charge on any atom is 0.257 e. The maximum absolute atomic E-state index is 13.1. The van der Waals surface area contributed by atoms with E-state index in [1.807, 2.05) is 18.2 Å². The Morgan fingerprint density at radius 1 is 1.07 bits per heavy atom. The Kier molecular flexibility index (Phi) is 4.75. The van der Waals surface area contributed by atoms with Crippen molar-refractivity contribution in [1.29, 1.82) is 0 Å². The van der Waals surface area contributed by atoms with Crippen LogP contribution in [0.15, 0.2) is 46.5 Å². The fourth-order valence-corrected chi connectivity index (χ4v) is 4.95. The lowest BCUT2D eigenvalue weighted by molar-refractivity contribution is -0.128. The summed E-state index contributed by atoms with van der Waals surface area (Å²) in [5.74, 6) is 1.55. The minimum Gasteiger partial charge on any atom is -0.454 e. The van der Waals surface area contributed by atoms with E-state index in [0.717, 1.165) is 36.7 Å². The molecule has 0 N–H and O–H groups in total. The molecule has 0 atom stereocenters. The van der Waals surface area contributed by atoms with Crippen molar-refractivity contribution in [2.45, 2.75) is 6.54 Å². The Bertz CT molecular complexity index is 1070. The molecule has 4 aliphatic rings. The highest BCUT2D eigenvalue weighted by Gasteiger charge is 2.33. The van der Waals surface area contributed by atoms with E-state index in [9.17, 15) is 13.2 Å². The second kappa shape index (κ2) is 7.44. The van der Waals surface area contributed by atoms with Crippen LogP contribution in [0.4, 0.5) is 0 Å². The third-order valence-electron chi connectivity index (χ3n) is 5.59. The number of hydrogen-bond donors (Lipinski definition) is 0. The Labute approximate surface area is 174 Å². The van der Waals surface area contributed by atoms with Gasteiger partial charge in [0.15, 0.2) is 17.3 Å². The molecule has 1 aromatic carbocycles. The fourth-order valence-electron chi connectivity index (χ4n) is 3.96.